The Morgan fingerprint density at radius 3 is 0.614 bits per heavy atom. The third-order valence-electron chi connectivity index (χ3n) is 17.3. The molecule has 14 bridgehead atoms. The van der Waals surface area contributed by atoms with E-state index in [-0.39, 0.29) is 6.54 Å². The maximum atomic E-state index is 11.8. The summed E-state index contributed by atoms with van der Waals surface area (Å²) in [6.45, 7) is -5.34. The van der Waals surface area contributed by atoms with E-state index in [0.29, 0.717) is 19.5 Å². The second-order valence-electron chi connectivity index (χ2n) is 23.3. The first kappa shape index (κ1) is 72.4. The van der Waals surface area contributed by atoms with Gasteiger partial charge in [0.2, 0.25) is 0 Å². The normalized spacial score (nSPS) is 49.9. The van der Waals surface area contributed by atoms with Crippen LogP contribution >= 0.6 is 0 Å². The lowest BCUT2D eigenvalue weighted by Crippen LogP contribution is -2.68. The summed E-state index contributed by atoms with van der Waals surface area (Å²) >= 11 is 0. The second-order valence-corrected chi connectivity index (χ2v) is 23.3. The van der Waals surface area contributed by atoms with Crippen molar-refractivity contribution >= 4 is 0 Å². The lowest BCUT2D eigenvalue weighted by molar-refractivity contribution is -0.396. The van der Waals surface area contributed by atoms with E-state index in [4.69, 9.17) is 72.0 Å². The summed E-state index contributed by atoms with van der Waals surface area (Å²) in [6.07, 6.45) is -61.4. The molecular weight excluding hydrogens is 1200 g/mol. The molecule has 21 heterocycles. The molecule has 0 aromatic carbocycles. The molecule has 23 N–H and O–H groups in total. The molecule has 36 heteroatoms. The number of unbranched alkanes of at least 4 members (excludes halogenated alkanes) is 7. The number of nitrogens with one attached hydrogen (secondary N) is 1. The van der Waals surface area contributed by atoms with Crippen LogP contribution in [-0.2, 0) is 66.3 Å². The SMILES string of the molecule is NCCCCCCCCCCNC[C@@H]1O[C@@H]2O[C@H]3[C@H](O)[C@H](O)[C@@H](O[C@H]4[C@@H](O)[C@H](O)[C@@H](O[C@H]5[C@H](O)[C@@H](O)[C@@H](O[C@H]6[C@H](O)[C@@H](O)[C@@H](O[C@H]7[C@H](O)[C@@H](O)[C@@H](O[C@H]8[C@H](O)[C@@H](O)[C@@H](O[C@H]1[C@H](O)[C@H]2O)O[C@H]8CO)O[C@H]7CO)O[C@H]6CO)O[C@@H]5CO)O[C@@H]4CO)O[C@@H]3CO. The fourth-order valence-corrected chi connectivity index (χ4v) is 12.1. The third-order valence-corrected chi connectivity index (χ3v) is 17.3. The van der Waals surface area contributed by atoms with Crippen molar-refractivity contribution in [2.75, 3.05) is 59.3 Å². The highest BCUT2D eigenvalue weighted by atomic mass is 16.8. The Bertz CT molecular complexity index is 2020. The van der Waals surface area contributed by atoms with E-state index >= 15 is 0 Å². The number of ether oxygens (including phenoxy) is 14. The molecule has 514 valence electrons. The first-order chi connectivity index (χ1) is 42.2. The molecule has 0 saturated carbocycles. The zero-order valence-corrected chi connectivity index (χ0v) is 48.0. The third kappa shape index (κ3) is 16.1. The van der Waals surface area contributed by atoms with E-state index in [2.05, 4.69) is 5.32 Å². The number of hydrogen-bond acceptors (Lipinski definition) is 36. The van der Waals surface area contributed by atoms with Crippen LogP contribution in [0.3, 0.4) is 0 Å². The molecule has 21 aliphatic heterocycles. The summed E-state index contributed by atoms with van der Waals surface area (Å²) in [5.74, 6) is 0. The van der Waals surface area contributed by atoms with Crippen LogP contribution in [-0.4, -0.2) is 376 Å². The first-order valence-electron chi connectivity index (χ1n) is 29.9. The van der Waals surface area contributed by atoms with Crippen LogP contribution in [0.25, 0.3) is 0 Å². The van der Waals surface area contributed by atoms with E-state index in [0.717, 1.165) is 44.9 Å². The van der Waals surface area contributed by atoms with Crippen molar-refractivity contribution in [2.45, 2.75) is 266 Å². The molecule has 21 rings (SSSR count). The van der Waals surface area contributed by atoms with Crippen molar-refractivity contribution in [3.63, 3.8) is 0 Å². The number of aliphatic hydroxyl groups is 20. The van der Waals surface area contributed by atoms with Gasteiger partial charge >= 0.3 is 0 Å². The highest BCUT2D eigenvalue weighted by molar-refractivity contribution is 5.02. The molecule has 21 saturated heterocycles. The monoisotopic (exact) mass is 1290 g/mol. The molecule has 35 atom stereocenters. The van der Waals surface area contributed by atoms with Gasteiger partial charge in [-0.25, -0.2) is 0 Å². The first-order valence-corrected chi connectivity index (χ1v) is 29.9. The zero-order chi connectivity index (χ0) is 63.8. The predicted molar refractivity (Wildman–Crippen MR) is 280 cm³/mol. The van der Waals surface area contributed by atoms with Crippen LogP contribution in [0.1, 0.15) is 51.4 Å². The minimum atomic E-state index is -2.20. The maximum Gasteiger partial charge on any atom is 0.187 e. The molecule has 0 radical (unpaired) electrons. The van der Waals surface area contributed by atoms with Gasteiger partial charge in [-0.05, 0) is 25.9 Å². The Balaban J connectivity index is 1.06. The van der Waals surface area contributed by atoms with Crippen molar-refractivity contribution < 1.29 is 168 Å². The quantitative estimate of drug-likeness (QED) is 0.0567. The van der Waals surface area contributed by atoms with Gasteiger partial charge in [0.05, 0.1) is 39.6 Å². The molecule has 21 aliphatic rings. The van der Waals surface area contributed by atoms with E-state index in [1.165, 1.54) is 0 Å². The highest BCUT2D eigenvalue weighted by Crippen LogP contribution is 2.39. The minimum absolute atomic E-state index is 0.187. The minimum Gasteiger partial charge on any atom is -0.394 e. The summed E-state index contributed by atoms with van der Waals surface area (Å²) in [4.78, 5) is 0. The predicted octanol–water partition coefficient (Wildman–Crippen LogP) is -12.6. The van der Waals surface area contributed by atoms with Crippen molar-refractivity contribution in [3.8, 4) is 0 Å². The molecule has 0 aromatic heterocycles. The summed E-state index contributed by atoms with van der Waals surface area (Å²) in [6, 6.07) is 0. The van der Waals surface area contributed by atoms with E-state index < -0.39 is 255 Å². The van der Waals surface area contributed by atoms with E-state index in [1.54, 1.807) is 0 Å². The lowest BCUT2D eigenvalue weighted by atomic mass is 9.95. The zero-order valence-electron chi connectivity index (χ0n) is 48.0. The molecule has 0 unspecified atom stereocenters. The van der Waals surface area contributed by atoms with Crippen molar-refractivity contribution in [1.29, 1.82) is 0 Å². The Kier molecular flexibility index (Phi) is 27.4. The molecular formula is C52H92N2O34. The molecule has 0 spiro atoms. The number of aliphatic hydroxyl groups excluding tert-OH is 20. The number of rotatable bonds is 18. The average Bonchev–Trinajstić information content (AvgIpc) is 2.12. The van der Waals surface area contributed by atoms with Gasteiger partial charge in [-0.1, -0.05) is 38.5 Å². The Morgan fingerprint density at radius 1 is 0.227 bits per heavy atom. The average molecular weight is 1290 g/mol. The van der Waals surface area contributed by atoms with Gasteiger partial charge in [-0.3, -0.25) is 0 Å². The molecule has 0 aromatic rings. The van der Waals surface area contributed by atoms with Gasteiger partial charge in [0, 0.05) is 6.54 Å². The van der Waals surface area contributed by atoms with Gasteiger partial charge in [0.1, 0.15) is 171 Å². The van der Waals surface area contributed by atoms with Crippen LogP contribution in [0.5, 0.6) is 0 Å². The topological polar surface area (TPSA) is 572 Å². The second kappa shape index (κ2) is 33.3. The van der Waals surface area contributed by atoms with Gasteiger partial charge in [0.25, 0.3) is 0 Å². The molecule has 21 fully saturated rings. The fourth-order valence-electron chi connectivity index (χ4n) is 12.1. The van der Waals surface area contributed by atoms with E-state index in [1.807, 2.05) is 0 Å². The van der Waals surface area contributed by atoms with Gasteiger partial charge in [0.15, 0.2) is 44.0 Å². The summed E-state index contributed by atoms with van der Waals surface area (Å²) < 4.78 is 81.7. The summed E-state index contributed by atoms with van der Waals surface area (Å²) in [7, 11) is 0. The van der Waals surface area contributed by atoms with Crippen molar-refractivity contribution in [2.24, 2.45) is 5.73 Å². The molecule has 88 heavy (non-hydrogen) atoms. The van der Waals surface area contributed by atoms with Crippen LogP contribution in [0, 0.1) is 0 Å². The van der Waals surface area contributed by atoms with Gasteiger partial charge < -0.3 is 179 Å². The molecule has 0 amide bonds. The highest BCUT2D eigenvalue weighted by Gasteiger charge is 2.59. The Labute approximate surface area is 504 Å². The van der Waals surface area contributed by atoms with E-state index in [9.17, 15) is 102 Å². The van der Waals surface area contributed by atoms with Crippen LogP contribution in [0.15, 0.2) is 0 Å². The fraction of sp³-hybridized carbons (Fsp3) is 1.00. The largest absolute Gasteiger partial charge is 0.394 e. The van der Waals surface area contributed by atoms with Crippen molar-refractivity contribution in [3.05, 3.63) is 0 Å². The molecule has 36 nitrogen and oxygen atoms in total. The number of hydrogen-bond donors (Lipinski definition) is 22. The number of nitrogens with two attached hydrogens (primary N) is 1. The Hall–Kier alpha value is -1.44. The maximum absolute atomic E-state index is 11.8. The van der Waals surface area contributed by atoms with Gasteiger partial charge in [-0.2, -0.15) is 0 Å². The Morgan fingerprint density at radius 2 is 0.409 bits per heavy atom. The van der Waals surface area contributed by atoms with Crippen molar-refractivity contribution in [1.82, 2.24) is 5.32 Å². The lowest BCUT2D eigenvalue weighted by Gasteiger charge is -2.50. The summed E-state index contributed by atoms with van der Waals surface area (Å²) in [5.41, 5.74) is 5.60. The van der Waals surface area contributed by atoms with Crippen LogP contribution < -0.4 is 11.1 Å². The summed E-state index contributed by atoms with van der Waals surface area (Å²) in [5, 5.41) is 227. The van der Waals surface area contributed by atoms with Crippen LogP contribution in [0.2, 0.25) is 0 Å². The van der Waals surface area contributed by atoms with Gasteiger partial charge in [-0.15, -0.1) is 0 Å². The molecule has 0 aliphatic carbocycles. The van der Waals surface area contributed by atoms with Crippen LogP contribution in [0.4, 0.5) is 0 Å². The standard InChI is InChI=1S/C52H92N2O34/c53-9-7-5-3-1-2-4-6-8-10-54-11-18-39-25(61)32(68)46(75-18)83-40-19(12-55)77-48(34(70)27(40)63)85-42-21(14-57)79-50(36(72)29(42)65)87-44-23(16-59)81-52(38(74)31(44)67)88-45-24(17-60)80-51(37(73)30(45)66)86-43-22(15-58)78-49(35(71)28(43)64)84-41-20(13-56)76-47(82-39)33(69)26(41)62/h18-52,54-74H,1-17,53H2/t18-,19+,20-,21+,22-,23+,24-,25+,26+,27+,28+,29-,30+,31+,32+,33+,34-,35+,36-,37+,38+,39+,40+,41+,42+,43+,44+,45+,46+,47+,48+,49+,50+,51+,52+/m0/s1. The smallest absolute Gasteiger partial charge is 0.187 e.